The Morgan fingerprint density at radius 3 is 2.53 bits per heavy atom. The zero-order valence-corrected chi connectivity index (χ0v) is 22.5. The molecule has 1 aliphatic rings. The summed E-state index contributed by atoms with van der Waals surface area (Å²) in [6, 6.07) is 22.2. The van der Waals surface area contributed by atoms with Gasteiger partial charge in [0.15, 0.2) is 0 Å². The van der Waals surface area contributed by atoms with Crippen LogP contribution in [0.4, 0.5) is 0 Å². The van der Waals surface area contributed by atoms with E-state index in [1.165, 1.54) is 23.1 Å². The Bertz CT molecular complexity index is 1510. The summed E-state index contributed by atoms with van der Waals surface area (Å²) in [7, 11) is 0. The fourth-order valence-electron chi connectivity index (χ4n) is 3.69. The molecule has 4 aromatic rings. The van der Waals surface area contributed by atoms with Gasteiger partial charge in [-0.25, -0.2) is 4.79 Å². The van der Waals surface area contributed by atoms with Gasteiger partial charge >= 0.3 is 5.97 Å². The molecule has 0 N–H and O–H groups in total. The smallest absolute Gasteiger partial charge is 0.355 e. The third-order valence-electron chi connectivity index (χ3n) is 5.51. The third-order valence-corrected chi connectivity index (χ3v) is 8.76. The molecular formula is C27H17Cl2NO3S3. The fourth-order valence-corrected chi connectivity index (χ4v) is 6.65. The first kappa shape index (κ1) is 25.0. The topological polar surface area (TPSA) is 46.6 Å². The predicted molar refractivity (Wildman–Crippen MR) is 153 cm³/mol. The van der Waals surface area contributed by atoms with Crippen molar-refractivity contribution in [2.75, 3.05) is 6.54 Å². The summed E-state index contributed by atoms with van der Waals surface area (Å²) in [4.78, 5) is 28.1. The summed E-state index contributed by atoms with van der Waals surface area (Å²) in [6.07, 6.45) is 2.53. The van der Waals surface area contributed by atoms with Gasteiger partial charge < -0.3 is 4.74 Å². The molecular weight excluding hydrogens is 553 g/mol. The Morgan fingerprint density at radius 2 is 1.78 bits per heavy atom. The lowest BCUT2D eigenvalue weighted by atomic mass is 10.1. The Balaban J connectivity index is 1.25. The van der Waals surface area contributed by atoms with Gasteiger partial charge in [0.25, 0.3) is 5.91 Å². The molecule has 5 rings (SSSR count). The molecule has 36 heavy (non-hydrogen) atoms. The van der Waals surface area contributed by atoms with Crippen LogP contribution in [-0.4, -0.2) is 27.6 Å². The van der Waals surface area contributed by atoms with Crippen LogP contribution in [0, 0.1) is 0 Å². The molecule has 2 heterocycles. The number of thiocarbonyl (C=S) groups is 1. The molecule has 0 unspecified atom stereocenters. The number of rotatable bonds is 6. The van der Waals surface area contributed by atoms with Crippen LogP contribution in [0.5, 0.6) is 5.75 Å². The van der Waals surface area contributed by atoms with Crippen molar-refractivity contribution in [1.82, 2.24) is 4.90 Å². The maximum absolute atomic E-state index is 12.9. The average molecular weight is 571 g/mol. The van der Waals surface area contributed by atoms with Crippen molar-refractivity contribution in [3.63, 3.8) is 0 Å². The van der Waals surface area contributed by atoms with Crippen LogP contribution in [0.15, 0.2) is 77.7 Å². The highest BCUT2D eigenvalue weighted by molar-refractivity contribution is 8.26. The number of amides is 1. The minimum absolute atomic E-state index is 0.101. The van der Waals surface area contributed by atoms with Gasteiger partial charge in [-0.3, -0.25) is 9.69 Å². The van der Waals surface area contributed by atoms with E-state index < -0.39 is 5.97 Å². The fraction of sp³-hybridized carbons (Fsp3) is 0.0741. The average Bonchev–Trinajstić information content (AvgIpc) is 3.34. The summed E-state index contributed by atoms with van der Waals surface area (Å²) in [6.45, 7) is 0.535. The normalized spacial score (nSPS) is 14.7. The van der Waals surface area contributed by atoms with Gasteiger partial charge in [0.2, 0.25) is 0 Å². The molecule has 0 bridgehead atoms. The van der Waals surface area contributed by atoms with Gasteiger partial charge in [-0.2, -0.15) is 0 Å². The SMILES string of the molecule is O=C(Oc1ccc(/C=C2\SC(=S)N(CCc3ccccc3)C2=O)cc1)c1sc2cc(Cl)ccc2c1Cl. The van der Waals surface area contributed by atoms with Crippen LogP contribution in [0.1, 0.15) is 20.8 Å². The lowest BCUT2D eigenvalue weighted by Gasteiger charge is -2.14. The number of nitrogens with zero attached hydrogens (tertiary/aromatic N) is 1. The van der Waals surface area contributed by atoms with Crippen LogP contribution < -0.4 is 4.74 Å². The standard InChI is InChI=1S/C27H17Cl2NO3S3/c28-18-8-11-20-21(15-18)35-24(23(20)29)26(32)33-19-9-6-17(7-10-19)14-22-25(31)30(27(34)36-22)13-12-16-4-2-1-3-5-16/h1-11,14-15H,12-13H2/b22-14-. The van der Waals surface area contributed by atoms with E-state index in [9.17, 15) is 9.59 Å². The highest BCUT2D eigenvalue weighted by atomic mass is 35.5. The van der Waals surface area contributed by atoms with Gasteiger partial charge in [0, 0.05) is 21.7 Å². The van der Waals surface area contributed by atoms with E-state index in [1.807, 2.05) is 30.3 Å². The van der Waals surface area contributed by atoms with Gasteiger partial charge in [0.1, 0.15) is 14.9 Å². The molecule has 0 saturated carbocycles. The van der Waals surface area contributed by atoms with Crippen molar-refractivity contribution >= 4 is 90.9 Å². The van der Waals surface area contributed by atoms with E-state index in [1.54, 1.807) is 53.4 Å². The largest absolute Gasteiger partial charge is 0.422 e. The first-order chi connectivity index (χ1) is 17.4. The Hall–Kier alpha value is -2.68. The van der Waals surface area contributed by atoms with Crippen molar-refractivity contribution in [2.45, 2.75) is 6.42 Å². The number of esters is 1. The molecule has 4 nitrogen and oxygen atoms in total. The van der Waals surface area contributed by atoms with Crippen LogP contribution in [0.3, 0.4) is 0 Å². The van der Waals surface area contributed by atoms with Crippen molar-refractivity contribution in [2.24, 2.45) is 0 Å². The lowest BCUT2D eigenvalue weighted by Crippen LogP contribution is -2.30. The second-order valence-electron chi connectivity index (χ2n) is 7.91. The molecule has 0 spiro atoms. The minimum Gasteiger partial charge on any atom is -0.422 e. The maximum Gasteiger partial charge on any atom is 0.355 e. The number of hydrogen-bond acceptors (Lipinski definition) is 6. The maximum atomic E-state index is 12.9. The first-order valence-corrected chi connectivity index (χ1v) is 13.7. The molecule has 0 radical (unpaired) electrons. The highest BCUT2D eigenvalue weighted by Crippen LogP contribution is 2.37. The molecule has 0 atom stereocenters. The van der Waals surface area contributed by atoms with Gasteiger partial charge in [-0.05, 0) is 47.9 Å². The van der Waals surface area contributed by atoms with Crippen LogP contribution in [-0.2, 0) is 11.2 Å². The summed E-state index contributed by atoms with van der Waals surface area (Å²) in [5.74, 6) is -0.264. The van der Waals surface area contributed by atoms with Gasteiger partial charge in [-0.1, -0.05) is 95.7 Å². The van der Waals surface area contributed by atoms with E-state index in [-0.39, 0.29) is 5.91 Å². The summed E-state index contributed by atoms with van der Waals surface area (Å²) >= 11 is 20.4. The van der Waals surface area contributed by atoms with Crippen LogP contribution in [0.2, 0.25) is 10.0 Å². The van der Waals surface area contributed by atoms with E-state index in [4.69, 9.17) is 40.2 Å². The first-order valence-electron chi connectivity index (χ1n) is 10.9. The second kappa shape index (κ2) is 10.7. The second-order valence-corrected chi connectivity index (χ2v) is 11.5. The molecule has 1 aromatic heterocycles. The van der Waals surface area contributed by atoms with E-state index in [0.29, 0.717) is 36.4 Å². The van der Waals surface area contributed by atoms with Crippen molar-refractivity contribution in [3.8, 4) is 5.75 Å². The van der Waals surface area contributed by atoms with Crippen molar-refractivity contribution in [3.05, 3.63) is 104 Å². The highest BCUT2D eigenvalue weighted by Gasteiger charge is 2.31. The van der Waals surface area contributed by atoms with Crippen molar-refractivity contribution < 1.29 is 14.3 Å². The lowest BCUT2D eigenvalue weighted by molar-refractivity contribution is -0.122. The number of hydrogen-bond donors (Lipinski definition) is 0. The van der Waals surface area contributed by atoms with Crippen LogP contribution >= 0.6 is 58.5 Å². The Labute approximate surface area is 231 Å². The Kier molecular flexibility index (Phi) is 7.46. The monoisotopic (exact) mass is 569 g/mol. The van der Waals surface area contributed by atoms with Gasteiger partial charge in [-0.15, -0.1) is 11.3 Å². The van der Waals surface area contributed by atoms with Crippen LogP contribution in [0.25, 0.3) is 16.2 Å². The zero-order chi connectivity index (χ0) is 25.2. The third kappa shape index (κ3) is 5.36. The molecule has 1 aliphatic heterocycles. The number of fused-ring (bicyclic) bond motifs is 1. The molecule has 0 aliphatic carbocycles. The van der Waals surface area contributed by atoms with E-state index in [0.717, 1.165) is 27.6 Å². The number of carbonyl (C=O) groups excluding carboxylic acids is 2. The number of thiophene rings is 1. The molecule has 180 valence electrons. The molecule has 3 aromatic carbocycles. The number of halogens is 2. The van der Waals surface area contributed by atoms with E-state index >= 15 is 0 Å². The molecule has 1 fully saturated rings. The predicted octanol–water partition coefficient (Wildman–Crippen LogP) is 7.87. The Morgan fingerprint density at radius 1 is 1.03 bits per heavy atom. The molecule has 1 saturated heterocycles. The number of thioether (sulfide) groups is 1. The summed E-state index contributed by atoms with van der Waals surface area (Å²) in [5, 5.41) is 1.68. The van der Waals surface area contributed by atoms with Gasteiger partial charge in [0.05, 0.1) is 9.93 Å². The quantitative estimate of drug-likeness (QED) is 0.102. The number of benzene rings is 3. The minimum atomic E-state index is -0.538. The summed E-state index contributed by atoms with van der Waals surface area (Å²) < 4.78 is 6.89. The van der Waals surface area contributed by atoms with E-state index in [2.05, 4.69) is 0 Å². The number of carbonyl (C=O) groups is 2. The summed E-state index contributed by atoms with van der Waals surface area (Å²) in [5.41, 5.74) is 1.95. The molecule has 1 amide bonds. The van der Waals surface area contributed by atoms with Crippen molar-refractivity contribution in [1.29, 1.82) is 0 Å². The number of ether oxygens (including phenoxy) is 1. The zero-order valence-electron chi connectivity index (χ0n) is 18.6. The molecule has 9 heteroatoms.